The Labute approximate surface area is 135 Å². The number of hydrogen-bond acceptors (Lipinski definition) is 4. The molecule has 1 atom stereocenters. The highest BCUT2D eigenvalue weighted by molar-refractivity contribution is 7.09. The summed E-state index contributed by atoms with van der Waals surface area (Å²) in [6, 6.07) is 0. The molecule has 0 aliphatic carbocycles. The van der Waals surface area contributed by atoms with Crippen LogP contribution in [0.15, 0.2) is 5.51 Å². The van der Waals surface area contributed by atoms with Gasteiger partial charge in [0.25, 0.3) is 0 Å². The molecular formula is C17H33N3S. The van der Waals surface area contributed by atoms with Crippen LogP contribution < -0.4 is 5.32 Å². The van der Waals surface area contributed by atoms with Gasteiger partial charge in [0.05, 0.1) is 11.2 Å². The van der Waals surface area contributed by atoms with E-state index in [2.05, 4.69) is 56.9 Å². The Morgan fingerprint density at radius 1 is 1.43 bits per heavy atom. The molecule has 0 fully saturated rings. The van der Waals surface area contributed by atoms with Crippen molar-refractivity contribution in [1.29, 1.82) is 0 Å². The van der Waals surface area contributed by atoms with Crippen LogP contribution in [0, 0.1) is 18.3 Å². The Bertz CT molecular complexity index is 402. The van der Waals surface area contributed by atoms with E-state index in [-0.39, 0.29) is 0 Å². The van der Waals surface area contributed by atoms with E-state index in [1.165, 1.54) is 23.4 Å². The standard InChI is InChI=1S/C17H33N3S/c1-7-8-17(5,11-18-9-14(2)3)12-20(6)10-16-15(4)19-13-21-16/h13-14,18H,7-12H2,1-6H3. The van der Waals surface area contributed by atoms with Crippen molar-refractivity contribution in [2.24, 2.45) is 11.3 Å². The summed E-state index contributed by atoms with van der Waals surface area (Å²) in [7, 11) is 2.23. The van der Waals surface area contributed by atoms with Gasteiger partial charge in [0, 0.05) is 24.5 Å². The fraction of sp³-hybridized carbons (Fsp3) is 0.824. The third-order valence-electron chi connectivity index (χ3n) is 3.87. The lowest BCUT2D eigenvalue weighted by Crippen LogP contribution is -2.41. The van der Waals surface area contributed by atoms with E-state index in [4.69, 9.17) is 0 Å². The van der Waals surface area contributed by atoms with Gasteiger partial charge in [-0.25, -0.2) is 4.98 Å². The van der Waals surface area contributed by atoms with E-state index in [0.717, 1.165) is 26.2 Å². The number of thiazole rings is 1. The smallest absolute Gasteiger partial charge is 0.0798 e. The fourth-order valence-corrected chi connectivity index (χ4v) is 3.78. The zero-order valence-electron chi connectivity index (χ0n) is 14.7. The van der Waals surface area contributed by atoms with Crippen LogP contribution in [0.1, 0.15) is 51.1 Å². The minimum absolute atomic E-state index is 0.344. The van der Waals surface area contributed by atoms with Gasteiger partial charge in [-0.3, -0.25) is 0 Å². The molecule has 1 unspecified atom stereocenters. The molecule has 0 aliphatic rings. The minimum Gasteiger partial charge on any atom is -0.316 e. The minimum atomic E-state index is 0.344. The van der Waals surface area contributed by atoms with Gasteiger partial charge in [-0.1, -0.05) is 34.1 Å². The molecule has 1 aromatic heterocycles. The van der Waals surface area contributed by atoms with Gasteiger partial charge in [0.15, 0.2) is 0 Å². The Morgan fingerprint density at radius 2 is 2.14 bits per heavy atom. The third kappa shape index (κ3) is 6.90. The van der Waals surface area contributed by atoms with E-state index >= 15 is 0 Å². The van der Waals surface area contributed by atoms with Gasteiger partial charge in [-0.2, -0.15) is 0 Å². The molecule has 0 saturated heterocycles. The highest BCUT2D eigenvalue weighted by Gasteiger charge is 2.25. The van der Waals surface area contributed by atoms with Crippen molar-refractivity contribution < 1.29 is 0 Å². The molecule has 0 aromatic carbocycles. The molecular weight excluding hydrogens is 278 g/mol. The summed E-state index contributed by atoms with van der Waals surface area (Å²) in [5, 5.41) is 3.65. The Hall–Kier alpha value is -0.450. The number of rotatable bonds is 10. The predicted molar refractivity (Wildman–Crippen MR) is 93.9 cm³/mol. The summed E-state index contributed by atoms with van der Waals surface area (Å²) in [6.07, 6.45) is 2.51. The average molecular weight is 312 g/mol. The SMILES string of the molecule is CCCC(C)(CNCC(C)C)CN(C)Cc1scnc1C. The molecule has 122 valence electrons. The highest BCUT2D eigenvalue weighted by atomic mass is 32.1. The van der Waals surface area contributed by atoms with Crippen LogP contribution in [0.25, 0.3) is 0 Å². The second-order valence-corrected chi connectivity index (χ2v) is 8.06. The van der Waals surface area contributed by atoms with E-state index in [1.807, 2.05) is 5.51 Å². The maximum Gasteiger partial charge on any atom is 0.0798 e. The normalized spacial score (nSPS) is 14.9. The molecule has 0 bridgehead atoms. The lowest BCUT2D eigenvalue weighted by Gasteiger charge is -2.34. The molecule has 1 aromatic rings. The summed E-state index contributed by atoms with van der Waals surface area (Å²) < 4.78 is 0. The summed E-state index contributed by atoms with van der Waals surface area (Å²) in [5.74, 6) is 0.716. The van der Waals surface area contributed by atoms with E-state index in [0.29, 0.717) is 11.3 Å². The summed E-state index contributed by atoms with van der Waals surface area (Å²) in [5.41, 5.74) is 3.48. The summed E-state index contributed by atoms with van der Waals surface area (Å²) in [6.45, 7) is 15.7. The number of nitrogens with one attached hydrogen (secondary N) is 1. The van der Waals surface area contributed by atoms with Crippen molar-refractivity contribution >= 4 is 11.3 Å². The van der Waals surface area contributed by atoms with Crippen LogP contribution in [-0.2, 0) is 6.54 Å². The molecule has 0 radical (unpaired) electrons. The average Bonchev–Trinajstić information content (AvgIpc) is 2.74. The van der Waals surface area contributed by atoms with E-state index < -0.39 is 0 Å². The van der Waals surface area contributed by atoms with E-state index in [1.54, 1.807) is 11.3 Å². The first-order valence-electron chi connectivity index (χ1n) is 8.14. The molecule has 4 heteroatoms. The van der Waals surface area contributed by atoms with Crippen molar-refractivity contribution in [3.8, 4) is 0 Å². The third-order valence-corrected chi connectivity index (χ3v) is 4.79. The molecule has 0 spiro atoms. The predicted octanol–water partition coefficient (Wildman–Crippen LogP) is 3.94. The van der Waals surface area contributed by atoms with Crippen LogP contribution in [0.2, 0.25) is 0 Å². The fourth-order valence-electron chi connectivity index (χ4n) is 2.92. The highest BCUT2D eigenvalue weighted by Crippen LogP contribution is 2.25. The lowest BCUT2D eigenvalue weighted by atomic mass is 9.84. The van der Waals surface area contributed by atoms with Crippen LogP contribution in [0.4, 0.5) is 0 Å². The van der Waals surface area contributed by atoms with Crippen molar-refractivity contribution in [3.63, 3.8) is 0 Å². The van der Waals surface area contributed by atoms with Crippen molar-refractivity contribution in [1.82, 2.24) is 15.2 Å². The van der Waals surface area contributed by atoms with Gasteiger partial charge >= 0.3 is 0 Å². The van der Waals surface area contributed by atoms with Crippen LogP contribution in [-0.4, -0.2) is 36.6 Å². The number of aryl methyl sites for hydroxylation is 1. The van der Waals surface area contributed by atoms with Crippen LogP contribution >= 0.6 is 11.3 Å². The van der Waals surface area contributed by atoms with Gasteiger partial charge in [-0.15, -0.1) is 11.3 Å². The monoisotopic (exact) mass is 311 g/mol. The second kappa shape index (κ2) is 8.86. The van der Waals surface area contributed by atoms with Gasteiger partial charge in [0.2, 0.25) is 0 Å². The van der Waals surface area contributed by atoms with Crippen molar-refractivity contribution in [2.75, 3.05) is 26.7 Å². The molecule has 1 rings (SSSR count). The molecule has 0 saturated carbocycles. The van der Waals surface area contributed by atoms with Gasteiger partial charge in [0.1, 0.15) is 0 Å². The van der Waals surface area contributed by atoms with Gasteiger partial charge < -0.3 is 10.2 Å². The number of hydrogen-bond donors (Lipinski definition) is 1. The molecule has 0 amide bonds. The number of aromatic nitrogens is 1. The Kier molecular flexibility index (Phi) is 7.85. The summed E-state index contributed by atoms with van der Waals surface area (Å²) in [4.78, 5) is 8.20. The molecule has 0 aliphatic heterocycles. The maximum absolute atomic E-state index is 4.35. The van der Waals surface area contributed by atoms with Crippen LogP contribution in [0.5, 0.6) is 0 Å². The molecule has 21 heavy (non-hydrogen) atoms. The first-order valence-corrected chi connectivity index (χ1v) is 9.02. The van der Waals surface area contributed by atoms with Crippen LogP contribution in [0.3, 0.4) is 0 Å². The number of nitrogens with zero attached hydrogens (tertiary/aromatic N) is 2. The first kappa shape index (κ1) is 18.6. The molecule has 1 N–H and O–H groups in total. The Balaban J connectivity index is 2.53. The van der Waals surface area contributed by atoms with Gasteiger partial charge in [-0.05, 0) is 38.3 Å². The van der Waals surface area contributed by atoms with Crippen molar-refractivity contribution in [3.05, 3.63) is 16.1 Å². The van der Waals surface area contributed by atoms with Crippen molar-refractivity contribution in [2.45, 2.75) is 54.0 Å². The quantitative estimate of drug-likeness (QED) is 0.709. The Morgan fingerprint density at radius 3 is 2.67 bits per heavy atom. The molecule has 1 heterocycles. The maximum atomic E-state index is 4.35. The largest absolute Gasteiger partial charge is 0.316 e. The summed E-state index contributed by atoms with van der Waals surface area (Å²) >= 11 is 1.77. The van der Waals surface area contributed by atoms with E-state index in [9.17, 15) is 0 Å². The first-order chi connectivity index (χ1) is 9.86. The topological polar surface area (TPSA) is 28.2 Å². The zero-order valence-corrected chi connectivity index (χ0v) is 15.5. The second-order valence-electron chi connectivity index (χ2n) is 7.12. The molecule has 3 nitrogen and oxygen atoms in total. The zero-order chi connectivity index (χ0) is 15.9. The lowest BCUT2D eigenvalue weighted by molar-refractivity contribution is 0.167.